The predicted molar refractivity (Wildman–Crippen MR) is 148 cm³/mol. The molecule has 1 aliphatic rings. The van der Waals surface area contributed by atoms with Crippen LogP contribution in [0.5, 0.6) is 0 Å². The van der Waals surface area contributed by atoms with Crippen LogP contribution in [0.4, 0.5) is 0 Å². The van der Waals surface area contributed by atoms with Crippen molar-refractivity contribution in [2.45, 2.75) is 57.5 Å². The molecular formula is C30H37N3O2S. The van der Waals surface area contributed by atoms with Crippen LogP contribution in [-0.2, 0) is 24.7 Å². The summed E-state index contributed by atoms with van der Waals surface area (Å²) in [4.78, 5) is 32.5. The largest absolute Gasteiger partial charge is 0.343 e. The lowest BCUT2D eigenvalue weighted by Crippen LogP contribution is -2.38. The molecule has 1 fully saturated rings. The molecule has 1 saturated heterocycles. The van der Waals surface area contributed by atoms with Crippen molar-refractivity contribution >= 4 is 17.7 Å². The average molecular weight is 504 g/mol. The van der Waals surface area contributed by atoms with Gasteiger partial charge in [0.25, 0.3) is 5.56 Å². The molecule has 2 aromatic carbocycles. The molecule has 0 radical (unpaired) electrons. The van der Waals surface area contributed by atoms with Gasteiger partial charge in [-0.3, -0.25) is 14.2 Å². The van der Waals surface area contributed by atoms with E-state index < -0.39 is 0 Å². The first-order chi connectivity index (χ1) is 17.4. The number of rotatable bonds is 9. The summed E-state index contributed by atoms with van der Waals surface area (Å²) in [5, 5.41) is 0.722. The maximum absolute atomic E-state index is 13.0. The van der Waals surface area contributed by atoms with Crippen LogP contribution in [0.3, 0.4) is 0 Å². The maximum atomic E-state index is 13.0. The predicted octanol–water partition coefficient (Wildman–Crippen LogP) is 5.34. The minimum absolute atomic E-state index is 0.0139. The number of nitrogens with zero attached hydrogens (tertiary/aromatic N) is 3. The van der Waals surface area contributed by atoms with Gasteiger partial charge in [0.15, 0.2) is 5.16 Å². The summed E-state index contributed by atoms with van der Waals surface area (Å²) in [5.74, 6) is 1.68. The lowest BCUT2D eigenvalue weighted by molar-refractivity contribution is -0.132. The fourth-order valence-corrected chi connectivity index (χ4v) is 5.80. The summed E-state index contributed by atoms with van der Waals surface area (Å²) >= 11 is 1.56. The molecule has 2 heterocycles. The number of carbonyl (C=O) groups excluding carboxylic acids is 1. The molecule has 1 aromatic heterocycles. The number of thioether (sulfide) groups is 1. The third-order valence-electron chi connectivity index (χ3n) is 7.15. The van der Waals surface area contributed by atoms with Gasteiger partial charge in [0.05, 0.1) is 0 Å². The topological polar surface area (TPSA) is 55.2 Å². The Balaban J connectivity index is 1.23. The van der Waals surface area contributed by atoms with Crippen LogP contribution < -0.4 is 5.56 Å². The highest BCUT2D eigenvalue weighted by Gasteiger charge is 2.22. The number of hydrogen-bond donors (Lipinski definition) is 0. The van der Waals surface area contributed by atoms with Gasteiger partial charge < -0.3 is 4.90 Å². The van der Waals surface area contributed by atoms with Crippen molar-refractivity contribution in [2.75, 3.05) is 18.8 Å². The molecule has 1 amide bonds. The molecule has 36 heavy (non-hydrogen) atoms. The second-order valence-corrected chi connectivity index (χ2v) is 11.0. The van der Waals surface area contributed by atoms with Crippen molar-refractivity contribution in [2.24, 2.45) is 13.0 Å². The van der Waals surface area contributed by atoms with Crippen molar-refractivity contribution in [3.8, 4) is 0 Å². The molecule has 190 valence electrons. The van der Waals surface area contributed by atoms with E-state index >= 15 is 0 Å². The lowest BCUT2D eigenvalue weighted by Gasteiger charge is -2.32. The van der Waals surface area contributed by atoms with Crippen LogP contribution in [-0.4, -0.2) is 39.2 Å². The fraction of sp³-hybridized carbons (Fsp3) is 0.433. The van der Waals surface area contributed by atoms with E-state index in [0.717, 1.165) is 66.5 Å². The summed E-state index contributed by atoms with van der Waals surface area (Å²) in [6.07, 6.45) is 5.19. The van der Waals surface area contributed by atoms with Gasteiger partial charge >= 0.3 is 0 Å². The molecule has 0 aliphatic carbocycles. The number of likely N-dealkylation sites (tertiary alicyclic amines) is 1. The van der Waals surface area contributed by atoms with E-state index in [-0.39, 0.29) is 11.5 Å². The van der Waals surface area contributed by atoms with Gasteiger partial charge in [-0.2, -0.15) is 0 Å². The van der Waals surface area contributed by atoms with Crippen LogP contribution in [0.2, 0.25) is 0 Å². The third-order valence-corrected chi connectivity index (χ3v) is 8.27. The Hall–Kier alpha value is -2.86. The van der Waals surface area contributed by atoms with E-state index in [1.807, 2.05) is 11.8 Å². The summed E-state index contributed by atoms with van der Waals surface area (Å²) in [5.41, 5.74) is 5.26. The highest BCUT2D eigenvalue weighted by atomic mass is 32.2. The molecule has 5 nitrogen and oxygen atoms in total. The van der Waals surface area contributed by atoms with Gasteiger partial charge in [-0.25, -0.2) is 4.98 Å². The quantitative estimate of drug-likeness (QED) is 0.225. The van der Waals surface area contributed by atoms with E-state index in [0.29, 0.717) is 18.8 Å². The summed E-state index contributed by atoms with van der Waals surface area (Å²) in [6.45, 7) is 5.70. The highest BCUT2D eigenvalue weighted by molar-refractivity contribution is 7.99. The lowest BCUT2D eigenvalue weighted by atomic mass is 9.90. The van der Waals surface area contributed by atoms with Crippen molar-refractivity contribution in [3.63, 3.8) is 0 Å². The Bertz CT molecular complexity index is 1210. The molecule has 0 atom stereocenters. The molecular weight excluding hydrogens is 466 g/mol. The molecule has 6 heteroatoms. The first kappa shape index (κ1) is 26.2. The van der Waals surface area contributed by atoms with Crippen LogP contribution in [0, 0.1) is 19.8 Å². The highest BCUT2D eigenvalue weighted by Crippen LogP contribution is 2.23. The zero-order valence-corrected chi connectivity index (χ0v) is 22.5. The van der Waals surface area contributed by atoms with Gasteiger partial charge in [-0.1, -0.05) is 71.9 Å². The summed E-state index contributed by atoms with van der Waals surface area (Å²) < 4.78 is 1.65. The zero-order valence-electron chi connectivity index (χ0n) is 21.7. The maximum Gasteiger partial charge on any atom is 0.257 e. The van der Waals surface area contributed by atoms with E-state index in [9.17, 15) is 9.59 Å². The Morgan fingerprint density at radius 2 is 1.69 bits per heavy atom. The van der Waals surface area contributed by atoms with Crippen molar-refractivity contribution in [3.05, 3.63) is 92.9 Å². The van der Waals surface area contributed by atoms with Crippen LogP contribution in [0.25, 0.3) is 0 Å². The summed E-state index contributed by atoms with van der Waals surface area (Å²) in [7, 11) is 1.79. The Morgan fingerprint density at radius 3 is 2.39 bits per heavy atom. The number of hydrogen-bond acceptors (Lipinski definition) is 4. The average Bonchev–Trinajstić information content (AvgIpc) is 2.89. The van der Waals surface area contributed by atoms with Crippen LogP contribution in [0.15, 0.2) is 64.5 Å². The number of carbonyl (C=O) groups is 1. The van der Waals surface area contributed by atoms with Gasteiger partial charge in [-0.05, 0) is 56.6 Å². The smallest absolute Gasteiger partial charge is 0.257 e. The Labute approximate surface area is 219 Å². The standard InChI is InChI=1S/C30H37N3O2S/c1-22-11-13-25(14-12-22)21-27-23(2)31-30(32(3)29(27)35)36-19-7-10-28(34)33-17-15-26(16-18-33)20-24-8-5-4-6-9-24/h4-6,8-9,11-14,26H,7,10,15-21H2,1-3H3. The minimum atomic E-state index is 0.0139. The zero-order chi connectivity index (χ0) is 25.5. The number of benzene rings is 2. The first-order valence-electron chi connectivity index (χ1n) is 13.0. The number of amides is 1. The minimum Gasteiger partial charge on any atom is -0.343 e. The number of piperidine rings is 1. The van der Waals surface area contributed by atoms with E-state index in [4.69, 9.17) is 4.98 Å². The van der Waals surface area contributed by atoms with Crippen molar-refractivity contribution in [1.82, 2.24) is 14.5 Å². The van der Waals surface area contributed by atoms with E-state index in [1.165, 1.54) is 11.1 Å². The number of aryl methyl sites for hydroxylation is 2. The molecule has 4 rings (SSSR count). The molecule has 0 bridgehead atoms. The Morgan fingerprint density at radius 1 is 1.00 bits per heavy atom. The van der Waals surface area contributed by atoms with Gasteiger partial charge in [0, 0.05) is 50.0 Å². The molecule has 0 unspecified atom stereocenters. The second kappa shape index (κ2) is 12.4. The molecule has 1 aliphatic heterocycles. The van der Waals surface area contributed by atoms with E-state index in [1.54, 1.807) is 23.4 Å². The SMILES string of the molecule is Cc1ccc(Cc2c(C)nc(SCCCC(=O)N3CCC(Cc4ccccc4)CC3)n(C)c2=O)cc1. The molecule has 3 aromatic rings. The van der Waals surface area contributed by atoms with Gasteiger partial charge in [0.2, 0.25) is 5.91 Å². The molecule has 0 saturated carbocycles. The van der Waals surface area contributed by atoms with Gasteiger partial charge in [0.1, 0.15) is 0 Å². The Kier molecular flexibility index (Phi) is 9.03. The first-order valence-corrected chi connectivity index (χ1v) is 14.0. The molecule has 0 N–H and O–H groups in total. The second-order valence-electron chi connectivity index (χ2n) is 9.95. The summed E-state index contributed by atoms with van der Waals surface area (Å²) in [6, 6.07) is 18.9. The van der Waals surface area contributed by atoms with Crippen molar-refractivity contribution < 1.29 is 4.79 Å². The number of aromatic nitrogens is 2. The monoisotopic (exact) mass is 503 g/mol. The van der Waals surface area contributed by atoms with Crippen LogP contribution in [0.1, 0.15) is 53.6 Å². The molecule has 0 spiro atoms. The van der Waals surface area contributed by atoms with Gasteiger partial charge in [-0.15, -0.1) is 0 Å². The van der Waals surface area contributed by atoms with Crippen LogP contribution >= 0.6 is 11.8 Å². The fourth-order valence-electron chi connectivity index (χ4n) is 4.85. The van der Waals surface area contributed by atoms with E-state index in [2.05, 4.69) is 61.5 Å². The normalized spacial score (nSPS) is 14.2. The van der Waals surface area contributed by atoms with Crippen molar-refractivity contribution in [1.29, 1.82) is 0 Å². The third kappa shape index (κ3) is 6.88.